The minimum atomic E-state index is -1.03. The minimum Gasteiger partial charge on any atom is -0.480 e. The predicted molar refractivity (Wildman–Crippen MR) is 78.4 cm³/mol. The van der Waals surface area contributed by atoms with Crippen LogP contribution in [0.5, 0.6) is 0 Å². The van der Waals surface area contributed by atoms with E-state index in [1.54, 1.807) is 6.92 Å². The van der Waals surface area contributed by atoms with E-state index < -0.39 is 11.9 Å². The number of carboxylic acids is 1. The van der Waals surface area contributed by atoms with Crippen molar-refractivity contribution in [3.05, 3.63) is 41.8 Å². The van der Waals surface area contributed by atoms with Crippen LogP contribution in [0.15, 0.2) is 34.7 Å². The molecule has 1 saturated carbocycles. The molecule has 0 aliphatic heterocycles. The average Bonchev–Trinajstić information content (AvgIpc) is 3.27. The zero-order chi connectivity index (χ0) is 15.7. The maximum absolute atomic E-state index is 12.6. The maximum Gasteiger partial charge on any atom is 0.323 e. The smallest absolute Gasteiger partial charge is 0.323 e. The van der Waals surface area contributed by atoms with Crippen molar-refractivity contribution in [1.82, 2.24) is 9.88 Å². The lowest BCUT2D eigenvalue weighted by molar-refractivity contribution is -0.137. The minimum absolute atomic E-state index is 0.00623. The van der Waals surface area contributed by atoms with E-state index in [9.17, 15) is 9.59 Å². The van der Waals surface area contributed by atoms with E-state index in [0.29, 0.717) is 11.6 Å². The van der Waals surface area contributed by atoms with Crippen molar-refractivity contribution in [2.24, 2.45) is 0 Å². The number of benzene rings is 1. The number of aryl methyl sites for hydroxylation is 1. The van der Waals surface area contributed by atoms with E-state index in [-0.39, 0.29) is 18.3 Å². The fourth-order valence-electron chi connectivity index (χ4n) is 2.33. The Morgan fingerprint density at radius 2 is 2.00 bits per heavy atom. The molecule has 22 heavy (non-hydrogen) atoms. The van der Waals surface area contributed by atoms with Gasteiger partial charge in [-0.1, -0.05) is 18.2 Å². The molecule has 114 valence electrons. The number of aliphatic carboxylic acids is 1. The molecule has 1 heterocycles. The van der Waals surface area contributed by atoms with E-state index in [1.165, 1.54) is 4.90 Å². The monoisotopic (exact) mass is 300 g/mol. The van der Waals surface area contributed by atoms with E-state index >= 15 is 0 Å². The first-order chi connectivity index (χ1) is 10.6. The van der Waals surface area contributed by atoms with Gasteiger partial charge in [0.25, 0.3) is 5.91 Å². The third kappa shape index (κ3) is 2.86. The van der Waals surface area contributed by atoms with Gasteiger partial charge in [0, 0.05) is 11.6 Å². The summed E-state index contributed by atoms with van der Waals surface area (Å²) in [5.41, 5.74) is 1.25. The summed E-state index contributed by atoms with van der Waals surface area (Å²) in [7, 11) is 0. The van der Waals surface area contributed by atoms with Crippen LogP contribution in [0.25, 0.3) is 11.5 Å². The van der Waals surface area contributed by atoms with Gasteiger partial charge in [0.2, 0.25) is 11.7 Å². The molecule has 6 heteroatoms. The molecule has 1 amide bonds. The second-order valence-electron chi connectivity index (χ2n) is 5.36. The highest BCUT2D eigenvalue weighted by molar-refractivity contribution is 5.95. The first-order valence-corrected chi connectivity index (χ1v) is 7.12. The van der Waals surface area contributed by atoms with Crippen LogP contribution in [-0.2, 0) is 4.79 Å². The van der Waals surface area contributed by atoms with Gasteiger partial charge in [-0.15, -0.1) is 0 Å². The standard InChI is InChI=1S/C16H16N2O4/c1-10-14(16(21)18(9-13(19)20)12-7-8-12)22-15(17-10)11-5-3-2-4-6-11/h2-6,12H,7-9H2,1H3,(H,19,20). The summed E-state index contributed by atoms with van der Waals surface area (Å²) in [5, 5.41) is 8.97. The fourth-order valence-corrected chi connectivity index (χ4v) is 2.33. The van der Waals surface area contributed by atoms with Gasteiger partial charge < -0.3 is 14.4 Å². The number of carboxylic acid groups (broad SMARTS) is 1. The van der Waals surface area contributed by atoms with Gasteiger partial charge in [-0.2, -0.15) is 0 Å². The Hall–Kier alpha value is -2.63. The molecule has 1 fully saturated rings. The highest BCUT2D eigenvalue weighted by atomic mass is 16.4. The van der Waals surface area contributed by atoms with Crippen LogP contribution in [0.3, 0.4) is 0 Å². The second-order valence-corrected chi connectivity index (χ2v) is 5.36. The molecular formula is C16H16N2O4. The Morgan fingerprint density at radius 3 is 2.59 bits per heavy atom. The Morgan fingerprint density at radius 1 is 1.32 bits per heavy atom. The number of rotatable bonds is 5. The van der Waals surface area contributed by atoms with E-state index in [0.717, 1.165) is 18.4 Å². The summed E-state index contributed by atoms with van der Waals surface area (Å²) < 4.78 is 5.61. The van der Waals surface area contributed by atoms with Gasteiger partial charge in [-0.05, 0) is 31.9 Å². The summed E-state index contributed by atoms with van der Waals surface area (Å²) in [6, 6.07) is 9.28. The average molecular weight is 300 g/mol. The predicted octanol–water partition coefficient (Wildman–Crippen LogP) is 2.34. The number of aromatic nitrogens is 1. The van der Waals surface area contributed by atoms with Crippen LogP contribution in [0.1, 0.15) is 29.1 Å². The van der Waals surface area contributed by atoms with E-state index in [1.807, 2.05) is 30.3 Å². The van der Waals surface area contributed by atoms with Crippen LogP contribution in [0.4, 0.5) is 0 Å². The molecule has 3 rings (SSSR count). The first kappa shape index (κ1) is 14.3. The molecule has 1 aliphatic rings. The number of oxazole rings is 1. The molecule has 1 aromatic carbocycles. The molecule has 6 nitrogen and oxygen atoms in total. The molecule has 0 unspecified atom stereocenters. The summed E-state index contributed by atoms with van der Waals surface area (Å²) in [4.78, 5) is 29.1. The molecule has 0 radical (unpaired) electrons. The topological polar surface area (TPSA) is 83.6 Å². The molecule has 1 aromatic heterocycles. The van der Waals surface area contributed by atoms with Crippen LogP contribution >= 0.6 is 0 Å². The van der Waals surface area contributed by atoms with Gasteiger partial charge in [-0.3, -0.25) is 9.59 Å². The van der Waals surface area contributed by atoms with Crippen molar-refractivity contribution in [1.29, 1.82) is 0 Å². The van der Waals surface area contributed by atoms with E-state index in [2.05, 4.69) is 4.98 Å². The zero-order valence-corrected chi connectivity index (χ0v) is 12.2. The van der Waals surface area contributed by atoms with Crippen molar-refractivity contribution in [2.45, 2.75) is 25.8 Å². The number of carbonyl (C=O) groups is 2. The maximum atomic E-state index is 12.6. The molecule has 1 N–H and O–H groups in total. The molecule has 0 saturated heterocycles. The molecule has 2 aromatic rings. The lowest BCUT2D eigenvalue weighted by Gasteiger charge is -2.18. The first-order valence-electron chi connectivity index (χ1n) is 7.12. The van der Waals surface area contributed by atoms with Crippen molar-refractivity contribution >= 4 is 11.9 Å². The largest absolute Gasteiger partial charge is 0.480 e. The van der Waals surface area contributed by atoms with Gasteiger partial charge in [0.15, 0.2) is 0 Å². The van der Waals surface area contributed by atoms with Gasteiger partial charge >= 0.3 is 5.97 Å². The number of hydrogen-bond donors (Lipinski definition) is 1. The lowest BCUT2D eigenvalue weighted by atomic mass is 10.2. The normalized spacial score (nSPS) is 13.9. The van der Waals surface area contributed by atoms with Gasteiger partial charge in [0.05, 0.1) is 5.69 Å². The Balaban J connectivity index is 1.89. The Bertz CT molecular complexity index is 704. The molecule has 0 spiro atoms. The lowest BCUT2D eigenvalue weighted by Crippen LogP contribution is -2.37. The summed E-state index contributed by atoms with van der Waals surface area (Å²) >= 11 is 0. The van der Waals surface area contributed by atoms with Gasteiger partial charge in [-0.25, -0.2) is 4.98 Å². The quantitative estimate of drug-likeness (QED) is 0.916. The van der Waals surface area contributed by atoms with Crippen LogP contribution < -0.4 is 0 Å². The summed E-state index contributed by atoms with van der Waals surface area (Å²) in [6.45, 7) is 1.37. The van der Waals surface area contributed by atoms with Gasteiger partial charge in [0.1, 0.15) is 6.54 Å². The number of hydrogen-bond acceptors (Lipinski definition) is 4. The Labute approximate surface area is 127 Å². The Kier molecular flexibility index (Phi) is 3.66. The van der Waals surface area contributed by atoms with Crippen molar-refractivity contribution in [3.63, 3.8) is 0 Å². The van der Waals surface area contributed by atoms with Crippen LogP contribution in [0, 0.1) is 6.92 Å². The highest BCUT2D eigenvalue weighted by Gasteiger charge is 2.36. The van der Waals surface area contributed by atoms with Crippen LogP contribution in [0.2, 0.25) is 0 Å². The summed E-state index contributed by atoms with van der Waals surface area (Å²) in [6.07, 6.45) is 1.66. The molecule has 1 aliphatic carbocycles. The summed E-state index contributed by atoms with van der Waals surface area (Å²) in [5.74, 6) is -0.947. The van der Waals surface area contributed by atoms with E-state index in [4.69, 9.17) is 9.52 Å². The number of nitrogens with zero attached hydrogens (tertiary/aromatic N) is 2. The highest BCUT2D eigenvalue weighted by Crippen LogP contribution is 2.30. The molecule has 0 atom stereocenters. The SMILES string of the molecule is Cc1nc(-c2ccccc2)oc1C(=O)N(CC(=O)O)C1CC1. The van der Waals surface area contributed by atoms with Crippen molar-refractivity contribution in [2.75, 3.05) is 6.54 Å². The van der Waals surface area contributed by atoms with Crippen molar-refractivity contribution < 1.29 is 19.1 Å². The molecular weight excluding hydrogens is 284 g/mol. The van der Waals surface area contributed by atoms with Crippen LogP contribution in [-0.4, -0.2) is 39.5 Å². The number of amides is 1. The second kappa shape index (κ2) is 5.63. The fraction of sp³-hybridized carbons (Fsp3) is 0.312. The number of carbonyl (C=O) groups excluding carboxylic acids is 1. The van der Waals surface area contributed by atoms with Crippen molar-refractivity contribution in [3.8, 4) is 11.5 Å². The zero-order valence-electron chi connectivity index (χ0n) is 12.2. The third-order valence-electron chi connectivity index (χ3n) is 3.57. The third-order valence-corrected chi connectivity index (χ3v) is 3.57. The molecule has 0 bridgehead atoms.